The number of rotatable bonds is 6. The van der Waals surface area contributed by atoms with E-state index in [0.29, 0.717) is 10.6 Å². The number of amides is 1. The van der Waals surface area contributed by atoms with Gasteiger partial charge in [-0.05, 0) is 34.7 Å². The third kappa shape index (κ3) is 4.22. The zero-order valence-corrected chi connectivity index (χ0v) is 20.4. The van der Waals surface area contributed by atoms with Crippen LogP contribution in [-0.2, 0) is 16.8 Å². The van der Waals surface area contributed by atoms with E-state index >= 15 is 0 Å². The molecule has 3 heterocycles. The number of hydrogen-bond donors (Lipinski definition) is 1. The molecular formula is C24H26N4O3S2. The van der Waals surface area contributed by atoms with Crippen LogP contribution in [-0.4, -0.2) is 47.9 Å². The molecule has 7 nitrogen and oxygen atoms in total. The Bertz CT molecular complexity index is 1170. The third-order valence-corrected chi connectivity index (χ3v) is 8.14. The highest BCUT2D eigenvalue weighted by Gasteiger charge is 2.56. The van der Waals surface area contributed by atoms with Crippen LogP contribution in [0, 0.1) is 0 Å². The SMILES string of the molecule is C=Cc1cc(C(=O)N2C(c3nccs3)SCC2(Cn2cccn2)C(=O)O)ccc1C(C)(C)C. The first-order valence-corrected chi connectivity index (χ1v) is 12.4. The van der Waals surface area contributed by atoms with Gasteiger partial charge in [-0.3, -0.25) is 9.48 Å². The lowest BCUT2D eigenvalue weighted by atomic mass is 9.83. The predicted octanol–water partition coefficient (Wildman–Crippen LogP) is 4.69. The van der Waals surface area contributed by atoms with Crippen LogP contribution in [0.5, 0.6) is 0 Å². The topological polar surface area (TPSA) is 88.3 Å². The highest BCUT2D eigenvalue weighted by molar-refractivity contribution is 8.00. The lowest BCUT2D eigenvalue weighted by molar-refractivity contribution is -0.149. The van der Waals surface area contributed by atoms with Crippen LogP contribution in [0.3, 0.4) is 0 Å². The van der Waals surface area contributed by atoms with Gasteiger partial charge in [0.05, 0.1) is 6.54 Å². The Hall–Kier alpha value is -2.91. The van der Waals surface area contributed by atoms with Crippen molar-refractivity contribution in [3.8, 4) is 0 Å². The van der Waals surface area contributed by atoms with Crippen molar-refractivity contribution >= 4 is 41.1 Å². The average Bonchev–Trinajstić information content (AvgIpc) is 3.53. The van der Waals surface area contributed by atoms with Crippen molar-refractivity contribution in [1.82, 2.24) is 19.7 Å². The number of benzene rings is 1. The number of carboxylic acid groups (broad SMARTS) is 1. The van der Waals surface area contributed by atoms with Crippen molar-refractivity contribution in [1.29, 1.82) is 0 Å². The molecular weight excluding hydrogens is 456 g/mol. The Balaban J connectivity index is 1.82. The van der Waals surface area contributed by atoms with Gasteiger partial charge in [0.2, 0.25) is 0 Å². The molecule has 2 unspecified atom stereocenters. The minimum absolute atomic E-state index is 0.0460. The van der Waals surface area contributed by atoms with E-state index in [9.17, 15) is 14.7 Å². The van der Waals surface area contributed by atoms with Gasteiger partial charge in [0, 0.05) is 35.3 Å². The van der Waals surface area contributed by atoms with Crippen LogP contribution in [0.25, 0.3) is 6.08 Å². The van der Waals surface area contributed by atoms with Crippen LogP contribution in [0.4, 0.5) is 0 Å². The van der Waals surface area contributed by atoms with Gasteiger partial charge in [0.15, 0.2) is 5.54 Å². The summed E-state index contributed by atoms with van der Waals surface area (Å²) in [5.41, 5.74) is 0.763. The van der Waals surface area contributed by atoms with E-state index in [2.05, 4.69) is 37.4 Å². The first kappa shape index (κ1) is 23.3. The van der Waals surface area contributed by atoms with Gasteiger partial charge in [-0.1, -0.05) is 39.5 Å². The molecule has 0 saturated carbocycles. The summed E-state index contributed by atoms with van der Waals surface area (Å²) in [4.78, 5) is 32.6. The Labute approximate surface area is 201 Å². The standard InChI is InChI=1S/C24H26N4O3S2/c1-5-16-13-17(7-8-18(16)23(2,3)4)20(29)28-21(19-25-10-12-32-19)33-15-24(28,22(30)31)14-27-11-6-9-26-27/h5-13,21H,1,14-15H2,2-4H3,(H,30,31). The number of aromatic nitrogens is 3. The fourth-order valence-corrected chi connectivity index (χ4v) is 6.54. The zero-order valence-electron chi connectivity index (χ0n) is 18.8. The van der Waals surface area contributed by atoms with E-state index < -0.39 is 16.9 Å². The van der Waals surface area contributed by atoms with Crippen molar-refractivity contribution in [2.75, 3.05) is 5.75 Å². The summed E-state index contributed by atoms with van der Waals surface area (Å²) in [7, 11) is 0. The number of aliphatic carboxylic acids is 1. The smallest absolute Gasteiger partial charge is 0.332 e. The number of nitrogens with zero attached hydrogens (tertiary/aromatic N) is 4. The Morgan fingerprint density at radius 1 is 1.33 bits per heavy atom. The molecule has 0 radical (unpaired) electrons. The van der Waals surface area contributed by atoms with Gasteiger partial charge in [-0.25, -0.2) is 9.78 Å². The molecule has 1 aliphatic heterocycles. The molecule has 0 bridgehead atoms. The molecule has 1 aromatic carbocycles. The molecule has 2 aromatic heterocycles. The van der Waals surface area contributed by atoms with E-state index in [-0.39, 0.29) is 23.6 Å². The van der Waals surface area contributed by atoms with Crippen molar-refractivity contribution in [3.63, 3.8) is 0 Å². The van der Waals surface area contributed by atoms with Crippen LogP contribution in [0.15, 0.2) is 54.8 Å². The molecule has 0 spiro atoms. The van der Waals surface area contributed by atoms with E-state index in [4.69, 9.17) is 0 Å². The number of hydrogen-bond acceptors (Lipinski definition) is 6. The first-order valence-electron chi connectivity index (χ1n) is 10.5. The van der Waals surface area contributed by atoms with Crippen molar-refractivity contribution in [2.45, 2.75) is 43.6 Å². The zero-order chi connectivity index (χ0) is 23.8. The van der Waals surface area contributed by atoms with Gasteiger partial charge in [0.25, 0.3) is 5.91 Å². The fourth-order valence-electron chi connectivity index (χ4n) is 4.13. The second-order valence-corrected chi connectivity index (χ2v) is 11.0. The summed E-state index contributed by atoms with van der Waals surface area (Å²) in [5, 5.41) is 16.7. The van der Waals surface area contributed by atoms with Gasteiger partial charge < -0.3 is 10.0 Å². The largest absolute Gasteiger partial charge is 0.479 e. The lowest BCUT2D eigenvalue weighted by Crippen LogP contribution is -2.58. The van der Waals surface area contributed by atoms with Crippen molar-refractivity contribution < 1.29 is 14.7 Å². The molecule has 1 N–H and O–H groups in total. The average molecular weight is 483 g/mol. The summed E-state index contributed by atoms with van der Waals surface area (Å²) in [5.74, 6) is -1.18. The normalized spacial score (nSPS) is 20.7. The van der Waals surface area contributed by atoms with Gasteiger partial charge in [0.1, 0.15) is 10.4 Å². The van der Waals surface area contributed by atoms with Crippen LogP contribution < -0.4 is 0 Å². The molecule has 1 saturated heterocycles. The maximum atomic E-state index is 14.0. The molecule has 0 aliphatic carbocycles. The second-order valence-electron chi connectivity index (χ2n) is 9.01. The van der Waals surface area contributed by atoms with Crippen molar-refractivity contribution in [2.24, 2.45) is 0 Å². The van der Waals surface area contributed by atoms with Crippen LogP contribution in [0.1, 0.15) is 52.6 Å². The molecule has 1 fully saturated rings. The predicted molar refractivity (Wildman–Crippen MR) is 131 cm³/mol. The minimum atomic E-state index is -1.47. The Morgan fingerprint density at radius 2 is 2.12 bits per heavy atom. The maximum absolute atomic E-state index is 14.0. The highest BCUT2D eigenvalue weighted by Crippen LogP contribution is 2.49. The summed E-state index contributed by atoms with van der Waals surface area (Å²) in [6.45, 7) is 10.3. The first-order chi connectivity index (χ1) is 15.7. The maximum Gasteiger partial charge on any atom is 0.332 e. The van der Waals surface area contributed by atoms with E-state index in [0.717, 1.165) is 11.1 Å². The van der Waals surface area contributed by atoms with Gasteiger partial charge in [-0.15, -0.1) is 23.1 Å². The fraction of sp³-hybridized carbons (Fsp3) is 0.333. The molecule has 33 heavy (non-hydrogen) atoms. The molecule has 2 atom stereocenters. The summed E-state index contributed by atoms with van der Waals surface area (Å²) < 4.78 is 1.57. The Morgan fingerprint density at radius 3 is 2.70 bits per heavy atom. The van der Waals surface area contributed by atoms with Gasteiger partial charge >= 0.3 is 5.97 Å². The molecule has 9 heteroatoms. The number of carbonyl (C=O) groups is 2. The summed E-state index contributed by atoms with van der Waals surface area (Å²) >= 11 is 2.83. The van der Waals surface area contributed by atoms with E-state index in [1.165, 1.54) is 28.0 Å². The minimum Gasteiger partial charge on any atom is -0.479 e. The van der Waals surface area contributed by atoms with Gasteiger partial charge in [-0.2, -0.15) is 5.10 Å². The second kappa shape index (κ2) is 8.79. The highest BCUT2D eigenvalue weighted by atomic mass is 32.2. The lowest BCUT2D eigenvalue weighted by Gasteiger charge is -2.36. The number of carboxylic acids is 1. The quantitative estimate of drug-likeness (QED) is 0.548. The molecule has 1 amide bonds. The number of thiazole rings is 1. The molecule has 4 rings (SSSR count). The molecule has 172 valence electrons. The third-order valence-electron chi connectivity index (χ3n) is 5.76. The number of thioether (sulfide) groups is 1. The molecule has 1 aliphatic rings. The monoisotopic (exact) mass is 482 g/mol. The molecule has 3 aromatic rings. The summed E-state index contributed by atoms with van der Waals surface area (Å²) in [6.07, 6.45) is 6.72. The Kier molecular flexibility index (Phi) is 6.20. The van der Waals surface area contributed by atoms with Crippen LogP contribution >= 0.6 is 23.1 Å². The van der Waals surface area contributed by atoms with Crippen molar-refractivity contribution in [3.05, 3.63) is 76.5 Å². The van der Waals surface area contributed by atoms with E-state index in [1.54, 1.807) is 47.5 Å². The van der Waals surface area contributed by atoms with E-state index in [1.807, 2.05) is 11.4 Å². The number of carbonyl (C=O) groups excluding carboxylic acids is 1. The van der Waals surface area contributed by atoms with Crippen LogP contribution in [0.2, 0.25) is 0 Å². The summed E-state index contributed by atoms with van der Waals surface area (Å²) in [6, 6.07) is 7.25.